The van der Waals surface area contributed by atoms with Crippen LogP contribution in [-0.4, -0.2) is 26.2 Å². The number of hydrogen-bond acceptors (Lipinski definition) is 3. The summed E-state index contributed by atoms with van der Waals surface area (Å²) in [6.07, 6.45) is 1.26. The molecule has 3 nitrogen and oxygen atoms in total. The summed E-state index contributed by atoms with van der Waals surface area (Å²) < 4.78 is 20.8. The van der Waals surface area contributed by atoms with Gasteiger partial charge in [0.25, 0.3) is 0 Å². The largest absolute Gasteiger partial charge is 0.300 e. The van der Waals surface area contributed by atoms with Gasteiger partial charge in [-0.15, -0.1) is 0 Å². The minimum Gasteiger partial charge on any atom is -0.300 e. The van der Waals surface area contributed by atoms with E-state index >= 15 is 0 Å². The molecule has 0 spiro atoms. The minimum atomic E-state index is -2.94. The van der Waals surface area contributed by atoms with Gasteiger partial charge in [0.15, 0.2) is 0 Å². The molecule has 0 aromatic rings. The third-order valence-electron chi connectivity index (χ3n) is 0.825. The summed E-state index contributed by atoms with van der Waals surface area (Å²) in [5, 5.41) is 0. The average molecular weight is 150 g/mol. The molecule has 0 rings (SSSR count). The first-order chi connectivity index (χ1) is 3.92. The molecule has 0 unspecified atom stereocenters. The smallest absolute Gasteiger partial charge is 0.147 e. The van der Waals surface area contributed by atoms with Crippen LogP contribution in [0.5, 0.6) is 0 Å². The molecule has 0 amide bonds. The van der Waals surface area contributed by atoms with E-state index in [0.29, 0.717) is 0 Å². The van der Waals surface area contributed by atoms with Crippen molar-refractivity contribution in [3.05, 3.63) is 0 Å². The zero-order valence-corrected chi connectivity index (χ0v) is 6.36. The van der Waals surface area contributed by atoms with Crippen LogP contribution in [0.3, 0.4) is 0 Å². The van der Waals surface area contributed by atoms with Crippen molar-refractivity contribution in [3.8, 4) is 0 Å². The molecule has 4 heteroatoms. The zero-order valence-electron chi connectivity index (χ0n) is 5.55. The third kappa shape index (κ3) is 7.62. The second kappa shape index (κ2) is 2.96. The van der Waals surface area contributed by atoms with E-state index in [4.69, 9.17) is 0 Å². The quantitative estimate of drug-likeness (QED) is 0.569. The van der Waals surface area contributed by atoms with Gasteiger partial charge in [-0.2, -0.15) is 0 Å². The highest BCUT2D eigenvalue weighted by Gasteiger charge is 2.02. The summed E-state index contributed by atoms with van der Waals surface area (Å²) in [5.74, 6) is -0.108. The average Bonchev–Trinajstić information content (AvgIpc) is 1.59. The zero-order chi connectivity index (χ0) is 7.49. The minimum absolute atomic E-state index is 0.0255. The Balaban J connectivity index is 3.67. The molecular weight excluding hydrogens is 140 g/mol. The maximum Gasteiger partial charge on any atom is 0.147 e. The summed E-state index contributed by atoms with van der Waals surface area (Å²) in [7, 11) is -2.94. The summed E-state index contributed by atoms with van der Waals surface area (Å²) in [6, 6.07) is 0. The molecule has 0 N–H and O–H groups in total. The number of ketones is 1. The lowest BCUT2D eigenvalue weighted by Crippen LogP contribution is -2.06. The van der Waals surface area contributed by atoms with Gasteiger partial charge in [-0.3, -0.25) is 4.79 Å². The van der Waals surface area contributed by atoms with Crippen LogP contribution in [0.25, 0.3) is 0 Å². The number of sulfone groups is 1. The Bertz CT molecular complexity index is 190. The number of rotatable bonds is 3. The lowest BCUT2D eigenvalue weighted by atomic mass is 10.4. The normalized spacial score (nSPS) is 11.3. The number of Topliss-reactive ketones (excluding diaryl/α,β-unsaturated/α-hetero) is 1. The molecule has 54 valence electrons. The van der Waals surface area contributed by atoms with Gasteiger partial charge in [-0.1, -0.05) is 0 Å². The fraction of sp³-hybridized carbons (Fsp3) is 0.800. The third-order valence-corrected chi connectivity index (χ3v) is 1.77. The van der Waals surface area contributed by atoms with Gasteiger partial charge >= 0.3 is 0 Å². The maximum atomic E-state index is 10.4. The van der Waals surface area contributed by atoms with E-state index in [1.54, 1.807) is 0 Å². The monoisotopic (exact) mass is 150 g/mol. The van der Waals surface area contributed by atoms with E-state index in [1.165, 1.54) is 6.92 Å². The highest BCUT2D eigenvalue weighted by Crippen LogP contribution is 1.88. The van der Waals surface area contributed by atoms with E-state index in [-0.39, 0.29) is 18.0 Å². The van der Waals surface area contributed by atoms with Gasteiger partial charge in [0.2, 0.25) is 0 Å². The van der Waals surface area contributed by atoms with Gasteiger partial charge in [-0.25, -0.2) is 8.42 Å². The van der Waals surface area contributed by atoms with Gasteiger partial charge < -0.3 is 0 Å². The van der Waals surface area contributed by atoms with Crippen LogP contribution in [0.15, 0.2) is 0 Å². The molecule has 0 aliphatic carbocycles. The van der Waals surface area contributed by atoms with Crippen LogP contribution in [0.1, 0.15) is 13.3 Å². The first kappa shape index (κ1) is 8.62. The second-order valence-electron chi connectivity index (χ2n) is 2.08. The van der Waals surface area contributed by atoms with Crippen molar-refractivity contribution in [2.45, 2.75) is 13.3 Å². The van der Waals surface area contributed by atoms with Gasteiger partial charge in [-0.05, 0) is 6.92 Å². The lowest BCUT2D eigenvalue weighted by Gasteiger charge is -1.91. The van der Waals surface area contributed by atoms with Crippen molar-refractivity contribution < 1.29 is 13.2 Å². The van der Waals surface area contributed by atoms with Crippen molar-refractivity contribution >= 4 is 15.6 Å². The van der Waals surface area contributed by atoms with E-state index in [1.807, 2.05) is 0 Å². The van der Waals surface area contributed by atoms with Crippen molar-refractivity contribution in [1.82, 2.24) is 0 Å². The molecule has 0 aromatic heterocycles. The molecule has 0 bridgehead atoms. The Morgan fingerprint density at radius 1 is 1.44 bits per heavy atom. The summed E-state index contributed by atoms with van der Waals surface area (Å²) >= 11 is 0. The molecule has 0 aliphatic heterocycles. The van der Waals surface area contributed by atoms with E-state index < -0.39 is 9.84 Å². The van der Waals surface area contributed by atoms with Crippen LogP contribution >= 0.6 is 0 Å². The Hall–Kier alpha value is -0.380. The van der Waals surface area contributed by atoms with E-state index in [0.717, 1.165) is 6.26 Å². The van der Waals surface area contributed by atoms with E-state index in [9.17, 15) is 13.2 Å². The highest BCUT2D eigenvalue weighted by atomic mass is 32.2. The van der Waals surface area contributed by atoms with Crippen molar-refractivity contribution in [2.24, 2.45) is 0 Å². The van der Waals surface area contributed by atoms with Gasteiger partial charge in [0.05, 0.1) is 5.75 Å². The predicted octanol–water partition coefficient (Wildman–Crippen LogP) is 0.0101. The van der Waals surface area contributed by atoms with E-state index in [2.05, 4.69) is 0 Å². The molecule has 0 aromatic carbocycles. The van der Waals surface area contributed by atoms with Crippen LogP contribution in [-0.2, 0) is 14.6 Å². The Morgan fingerprint density at radius 2 is 1.89 bits per heavy atom. The summed E-state index contributed by atoms with van der Waals surface area (Å²) in [5.41, 5.74) is 0. The predicted molar refractivity (Wildman–Crippen MR) is 35.0 cm³/mol. The molecule has 0 saturated heterocycles. The number of carbonyl (C=O) groups excluding carboxylic acids is 1. The summed E-state index contributed by atoms with van der Waals surface area (Å²) in [4.78, 5) is 10.2. The van der Waals surface area contributed by atoms with Crippen LogP contribution < -0.4 is 0 Å². The molecule has 0 atom stereocenters. The second-order valence-corrected chi connectivity index (χ2v) is 4.34. The first-order valence-electron chi connectivity index (χ1n) is 2.59. The van der Waals surface area contributed by atoms with Crippen molar-refractivity contribution in [3.63, 3.8) is 0 Å². The first-order valence-corrected chi connectivity index (χ1v) is 4.65. The molecule has 0 radical (unpaired) electrons. The van der Waals surface area contributed by atoms with Gasteiger partial charge in [0, 0.05) is 12.7 Å². The topological polar surface area (TPSA) is 51.2 Å². The molecule has 0 aliphatic rings. The Morgan fingerprint density at radius 3 is 2.00 bits per heavy atom. The van der Waals surface area contributed by atoms with Crippen LogP contribution in [0.4, 0.5) is 0 Å². The SMILES string of the molecule is CC(=O)CCS(C)(=O)=O. The summed E-state index contributed by atoms with van der Waals surface area (Å²) in [6.45, 7) is 1.38. The standard InChI is InChI=1S/C5H10O3S/c1-5(6)3-4-9(2,7)8/h3-4H2,1-2H3. The lowest BCUT2D eigenvalue weighted by molar-refractivity contribution is -0.116. The molecule has 9 heavy (non-hydrogen) atoms. The van der Waals surface area contributed by atoms with Crippen molar-refractivity contribution in [2.75, 3.05) is 12.0 Å². The molecule has 0 fully saturated rings. The highest BCUT2D eigenvalue weighted by molar-refractivity contribution is 7.90. The van der Waals surface area contributed by atoms with Crippen molar-refractivity contribution in [1.29, 1.82) is 0 Å². The Kier molecular flexibility index (Phi) is 2.84. The van der Waals surface area contributed by atoms with Crippen LogP contribution in [0.2, 0.25) is 0 Å². The molecule has 0 heterocycles. The van der Waals surface area contributed by atoms with Crippen LogP contribution in [0, 0.1) is 0 Å². The number of hydrogen-bond donors (Lipinski definition) is 0. The maximum absolute atomic E-state index is 10.4. The number of carbonyl (C=O) groups is 1. The molecular formula is C5H10O3S. The molecule has 0 saturated carbocycles. The fourth-order valence-corrected chi connectivity index (χ4v) is 0.987. The fourth-order valence-electron chi connectivity index (χ4n) is 0.329. The van der Waals surface area contributed by atoms with Gasteiger partial charge in [0.1, 0.15) is 15.6 Å². The Labute approximate surface area is 55.0 Å².